The number of halogens is 2. The van der Waals surface area contributed by atoms with Crippen molar-refractivity contribution in [3.8, 4) is 0 Å². The summed E-state index contributed by atoms with van der Waals surface area (Å²) in [5.41, 5.74) is 9.67. The summed E-state index contributed by atoms with van der Waals surface area (Å²) in [4.78, 5) is 0. The first kappa shape index (κ1) is 31.5. The maximum atomic E-state index is 2.80. The summed E-state index contributed by atoms with van der Waals surface area (Å²) in [6.07, 6.45) is 5.17. The van der Waals surface area contributed by atoms with Crippen LogP contribution in [0.15, 0.2) is 83.9 Å². The van der Waals surface area contributed by atoms with E-state index in [9.17, 15) is 0 Å². The minimum atomic E-state index is -3.93. The number of hydrogen-bond donors (Lipinski definition) is 0. The Labute approximate surface area is 256 Å². The fraction of sp³-hybridized carbons (Fsp3) is 0.333. The molecule has 2 unspecified atom stereocenters. The van der Waals surface area contributed by atoms with E-state index >= 15 is 0 Å². The summed E-state index contributed by atoms with van der Waals surface area (Å²) < 4.78 is 6.62. The molecule has 210 valence electrons. The average molecular weight is 754 g/mol. The number of fused-ring (bicyclic) bond motifs is 6. The van der Waals surface area contributed by atoms with Gasteiger partial charge in [-0.1, -0.05) is 0 Å². The topological polar surface area (TPSA) is 0 Å². The van der Waals surface area contributed by atoms with E-state index in [4.69, 9.17) is 0 Å². The second-order valence-electron chi connectivity index (χ2n) is 15.1. The zero-order valence-electron chi connectivity index (χ0n) is 25.3. The Morgan fingerprint density at radius 1 is 0.550 bits per heavy atom. The molecule has 0 amide bonds. The number of benzene rings is 4. The third-order valence-corrected chi connectivity index (χ3v) is 34.1. The molecule has 0 fully saturated rings. The van der Waals surface area contributed by atoms with Crippen LogP contribution in [0.5, 0.6) is 0 Å². The molecule has 0 N–H and O–H groups in total. The molecule has 0 bridgehead atoms. The molecule has 2 atom stereocenters. The predicted octanol–water partition coefficient (Wildman–Crippen LogP) is 10.8. The summed E-state index contributed by atoms with van der Waals surface area (Å²) >= 11 is -3.93. The first-order valence-electron chi connectivity index (χ1n) is 14.2. The van der Waals surface area contributed by atoms with Gasteiger partial charge in [-0.2, -0.15) is 0 Å². The van der Waals surface area contributed by atoms with Crippen LogP contribution in [-0.4, -0.2) is 6.94 Å². The van der Waals surface area contributed by atoms with Gasteiger partial charge in [0.15, 0.2) is 0 Å². The standard InChI is InChI=1S/2C17H17.2CH3.2ClH.Hf.H2Si/c2*1-17(2,3)14-10-13-9-8-12-6-4-5-7-15(12)16(13)11-14;;;;;;/h2*4-11H,1-3H3;2*1H3;2*1H;;1H2. The van der Waals surface area contributed by atoms with E-state index in [-0.39, 0.29) is 35.6 Å². The Hall–Kier alpha value is -1.45. The maximum Gasteiger partial charge on any atom is -0.147 e. The molecule has 4 aromatic carbocycles. The number of hydrogen-bond acceptors (Lipinski definition) is 0. The molecule has 4 aromatic rings. The van der Waals surface area contributed by atoms with Crippen LogP contribution < -0.4 is 0 Å². The fourth-order valence-electron chi connectivity index (χ4n) is 7.77. The molecule has 0 aliphatic heterocycles. The van der Waals surface area contributed by atoms with Crippen molar-refractivity contribution in [1.82, 2.24) is 0 Å². The van der Waals surface area contributed by atoms with E-state index in [1.54, 1.807) is 22.3 Å². The number of allylic oxidation sites excluding steroid dienone is 2. The summed E-state index contributed by atoms with van der Waals surface area (Å²) in [5.74, 6) is 0. The second kappa shape index (κ2) is 10.1. The Kier molecular flexibility index (Phi) is 7.93. The van der Waals surface area contributed by atoms with Gasteiger partial charge in [0.05, 0.1) is 0 Å². The molecular weight excluding hydrogens is 710 g/mol. The van der Waals surface area contributed by atoms with E-state index in [0.717, 1.165) is 0 Å². The van der Waals surface area contributed by atoms with Crippen LogP contribution in [0.4, 0.5) is 0 Å². The SMILES string of the molecule is CC(C)(C)C1=Cc2ccc3ccccc3c2[CH]1[Hf]([CH3])([CH3])(=[SiH2])[CH]1C(C(C)(C)C)=Cc2ccc3ccccc3c21.Cl.Cl. The molecule has 0 heterocycles. The van der Waals surface area contributed by atoms with E-state index in [1.807, 2.05) is 0 Å². The first-order chi connectivity index (χ1) is 17.7. The summed E-state index contributed by atoms with van der Waals surface area (Å²) in [6, 6.07) is 27.7. The van der Waals surface area contributed by atoms with Gasteiger partial charge in [0, 0.05) is 0 Å². The molecule has 4 heteroatoms. The average Bonchev–Trinajstić information content (AvgIpc) is 3.45. The molecule has 0 saturated heterocycles. The number of rotatable bonds is 2. The Balaban J connectivity index is 0.00000185. The van der Waals surface area contributed by atoms with Crippen LogP contribution in [0.1, 0.15) is 71.1 Å². The maximum absolute atomic E-state index is 3.93. The Bertz CT molecular complexity index is 1650. The van der Waals surface area contributed by atoms with Gasteiger partial charge in [0.1, 0.15) is 0 Å². The molecule has 2 aliphatic carbocycles. The van der Waals surface area contributed by atoms with Gasteiger partial charge >= 0.3 is 233 Å². The van der Waals surface area contributed by atoms with Gasteiger partial charge in [0.25, 0.3) is 0 Å². The van der Waals surface area contributed by atoms with E-state index in [0.29, 0.717) is 7.35 Å². The molecular formula is C36H44Cl2HfSi. The molecule has 6 rings (SSSR count). The zero-order chi connectivity index (χ0) is 27.3. The van der Waals surface area contributed by atoms with Crippen molar-refractivity contribution in [3.05, 3.63) is 106 Å². The second-order valence-corrected chi connectivity index (χ2v) is 58.6. The van der Waals surface area contributed by atoms with Crippen LogP contribution in [0, 0.1) is 10.8 Å². The van der Waals surface area contributed by atoms with Crippen LogP contribution in [0.2, 0.25) is 9.36 Å². The normalized spacial score (nSPS) is 18.9. The van der Waals surface area contributed by atoms with Gasteiger partial charge in [-0.05, 0) is 0 Å². The van der Waals surface area contributed by atoms with Crippen LogP contribution >= 0.6 is 24.8 Å². The van der Waals surface area contributed by atoms with Crippen LogP contribution in [-0.2, 0) is 17.1 Å². The van der Waals surface area contributed by atoms with E-state index in [2.05, 4.69) is 143 Å². The quantitative estimate of drug-likeness (QED) is 0.179. The molecule has 2 aliphatic rings. The van der Waals surface area contributed by atoms with Crippen LogP contribution in [0.25, 0.3) is 33.7 Å². The van der Waals surface area contributed by atoms with E-state index in [1.165, 1.54) is 32.7 Å². The largest absolute Gasteiger partial charge is 0.147 e. The van der Waals surface area contributed by atoms with Gasteiger partial charge in [-0.15, -0.1) is 24.8 Å². The van der Waals surface area contributed by atoms with Gasteiger partial charge in [-0.25, -0.2) is 0 Å². The molecule has 0 spiro atoms. The first-order valence-corrected chi connectivity index (χ1v) is 33.9. The monoisotopic (exact) mass is 754 g/mol. The van der Waals surface area contributed by atoms with Crippen molar-refractivity contribution in [2.75, 3.05) is 0 Å². The van der Waals surface area contributed by atoms with Gasteiger partial charge < -0.3 is 0 Å². The van der Waals surface area contributed by atoms with Crippen molar-refractivity contribution >= 4 is 65.5 Å². The third kappa shape index (κ3) is 4.76. The molecule has 40 heavy (non-hydrogen) atoms. The smallest absolute Gasteiger partial charge is 0.147 e. The minimum Gasteiger partial charge on any atom is -0.147 e. The Morgan fingerprint density at radius 2 is 0.900 bits per heavy atom. The zero-order valence-corrected chi connectivity index (χ0v) is 31.9. The third-order valence-electron chi connectivity index (χ3n) is 9.46. The van der Waals surface area contributed by atoms with Crippen molar-refractivity contribution < 1.29 is 17.1 Å². The predicted molar refractivity (Wildman–Crippen MR) is 183 cm³/mol. The van der Waals surface area contributed by atoms with Crippen molar-refractivity contribution in [2.24, 2.45) is 10.8 Å². The molecule has 0 aromatic heterocycles. The van der Waals surface area contributed by atoms with Crippen LogP contribution in [0.3, 0.4) is 0 Å². The van der Waals surface area contributed by atoms with Crippen molar-refractivity contribution in [1.29, 1.82) is 0 Å². The Morgan fingerprint density at radius 3 is 1.25 bits per heavy atom. The molecule has 0 saturated carbocycles. The summed E-state index contributed by atoms with van der Waals surface area (Å²) in [5, 5.41) is 5.67. The van der Waals surface area contributed by atoms with Crippen molar-refractivity contribution in [2.45, 2.75) is 58.3 Å². The molecule has 0 nitrogen and oxygen atoms in total. The molecule has 0 radical (unpaired) electrons. The summed E-state index contributed by atoms with van der Waals surface area (Å²) in [7, 11) is 0. The van der Waals surface area contributed by atoms with Crippen molar-refractivity contribution in [3.63, 3.8) is 0 Å². The van der Waals surface area contributed by atoms with Gasteiger partial charge in [0.2, 0.25) is 0 Å². The fourth-order valence-corrected chi connectivity index (χ4v) is 36.1. The van der Waals surface area contributed by atoms with Gasteiger partial charge in [-0.3, -0.25) is 0 Å². The minimum absolute atomic E-state index is 0. The summed E-state index contributed by atoms with van der Waals surface area (Å²) in [6.45, 7) is 17.1. The van der Waals surface area contributed by atoms with E-state index < -0.39 is 17.1 Å².